The van der Waals surface area contributed by atoms with Crippen LogP contribution >= 0.6 is 11.8 Å². The molecule has 5 heteroatoms. The lowest BCUT2D eigenvalue weighted by Crippen LogP contribution is -2.43. The number of amides is 1. The van der Waals surface area contributed by atoms with Gasteiger partial charge in [-0.1, -0.05) is 0 Å². The lowest BCUT2D eigenvalue weighted by atomic mass is 9.94. The lowest BCUT2D eigenvalue weighted by molar-refractivity contribution is -0.135. The minimum Gasteiger partial charge on any atom is -0.383 e. The molecule has 0 aromatic carbocycles. The number of piperidine rings is 1. The first-order valence-electron chi connectivity index (χ1n) is 7.38. The summed E-state index contributed by atoms with van der Waals surface area (Å²) in [7, 11) is 1.71. The standard InChI is InChI=1S/C14H26N2O2S/c1-18-8-7-16(13-4-9-19-11-13)14(17)10-12-2-5-15-6-3-12/h12-13,15H,2-11H2,1H3. The van der Waals surface area contributed by atoms with Gasteiger partial charge in [0.05, 0.1) is 6.61 Å². The molecule has 0 aromatic rings. The van der Waals surface area contributed by atoms with E-state index in [1.165, 1.54) is 5.75 Å². The van der Waals surface area contributed by atoms with Gasteiger partial charge in [-0.3, -0.25) is 4.79 Å². The zero-order chi connectivity index (χ0) is 13.5. The Kier molecular flexibility index (Phi) is 6.47. The van der Waals surface area contributed by atoms with Crippen molar-refractivity contribution in [2.45, 2.75) is 31.7 Å². The summed E-state index contributed by atoms with van der Waals surface area (Å²) in [6, 6.07) is 0.439. The number of carbonyl (C=O) groups is 1. The highest BCUT2D eigenvalue weighted by Crippen LogP contribution is 2.25. The molecule has 2 aliphatic heterocycles. The Bertz CT molecular complexity index is 277. The molecular weight excluding hydrogens is 260 g/mol. The van der Waals surface area contributed by atoms with Gasteiger partial charge in [0.2, 0.25) is 5.91 Å². The summed E-state index contributed by atoms with van der Waals surface area (Å²) < 4.78 is 5.16. The first-order valence-corrected chi connectivity index (χ1v) is 8.53. The van der Waals surface area contributed by atoms with Gasteiger partial charge in [-0.15, -0.1) is 0 Å². The third-order valence-electron chi connectivity index (χ3n) is 4.13. The number of ether oxygens (including phenoxy) is 1. The molecule has 0 saturated carbocycles. The van der Waals surface area contributed by atoms with Crippen LogP contribution in [0.3, 0.4) is 0 Å². The van der Waals surface area contributed by atoms with Crippen LogP contribution in [0.1, 0.15) is 25.7 Å². The van der Waals surface area contributed by atoms with E-state index in [1.54, 1.807) is 7.11 Å². The summed E-state index contributed by atoms with van der Waals surface area (Å²) in [5.74, 6) is 3.21. The average molecular weight is 286 g/mol. The van der Waals surface area contributed by atoms with Crippen LogP contribution in [0, 0.1) is 5.92 Å². The number of hydrogen-bond donors (Lipinski definition) is 1. The van der Waals surface area contributed by atoms with Gasteiger partial charge in [-0.2, -0.15) is 11.8 Å². The molecule has 1 atom stereocenters. The van der Waals surface area contributed by atoms with Crippen LogP contribution in [0.15, 0.2) is 0 Å². The maximum absolute atomic E-state index is 12.5. The fourth-order valence-corrected chi connectivity index (χ4v) is 4.14. The largest absolute Gasteiger partial charge is 0.383 e. The minimum atomic E-state index is 0.344. The smallest absolute Gasteiger partial charge is 0.223 e. The molecule has 2 aliphatic rings. The number of rotatable bonds is 6. The van der Waals surface area contributed by atoms with Crippen LogP contribution in [0.5, 0.6) is 0 Å². The summed E-state index contributed by atoms with van der Waals surface area (Å²) in [6.07, 6.45) is 4.16. The molecule has 0 bridgehead atoms. The summed E-state index contributed by atoms with van der Waals surface area (Å²) in [4.78, 5) is 14.6. The third kappa shape index (κ3) is 4.65. The molecule has 4 nitrogen and oxygen atoms in total. The maximum atomic E-state index is 12.5. The molecule has 0 aromatic heterocycles. The molecule has 1 N–H and O–H groups in total. The van der Waals surface area contributed by atoms with Crippen LogP contribution in [0.25, 0.3) is 0 Å². The third-order valence-corrected chi connectivity index (χ3v) is 5.27. The van der Waals surface area contributed by atoms with E-state index in [-0.39, 0.29) is 0 Å². The number of carbonyl (C=O) groups excluding carboxylic acids is 1. The second-order valence-corrected chi connectivity index (χ2v) is 6.64. The quantitative estimate of drug-likeness (QED) is 0.800. The Morgan fingerprint density at radius 2 is 2.16 bits per heavy atom. The Balaban J connectivity index is 1.86. The highest BCUT2D eigenvalue weighted by atomic mass is 32.2. The number of nitrogens with one attached hydrogen (secondary N) is 1. The maximum Gasteiger partial charge on any atom is 0.223 e. The van der Waals surface area contributed by atoms with Crippen LogP contribution < -0.4 is 5.32 Å². The molecule has 1 amide bonds. The molecule has 110 valence electrons. The van der Waals surface area contributed by atoms with E-state index >= 15 is 0 Å². The van der Waals surface area contributed by atoms with E-state index in [2.05, 4.69) is 10.2 Å². The summed E-state index contributed by atoms with van der Waals surface area (Å²) in [5.41, 5.74) is 0. The molecular formula is C14H26N2O2S. The van der Waals surface area contributed by atoms with Crippen molar-refractivity contribution < 1.29 is 9.53 Å². The summed E-state index contributed by atoms with van der Waals surface area (Å²) >= 11 is 1.96. The van der Waals surface area contributed by atoms with Crippen molar-refractivity contribution in [3.8, 4) is 0 Å². The molecule has 1 unspecified atom stereocenters. The molecule has 2 heterocycles. The topological polar surface area (TPSA) is 41.6 Å². The Hall–Kier alpha value is -0.260. The van der Waals surface area contributed by atoms with Gasteiger partial charge >= 0.3 is 0 Å². The molecule has 0 spiro atoms. The zero-order valence-corrected chi connectivity index (χ0v) is 12.7. The van der Waals surface area contributed by atoms with Crippen LogP contribution in [0.2, 0.25) is 0 Å². The summed E-state index contributed by atoms with van der Waals surface area (Å²) in [5, 5.41) is 3.36. The van der Waals surface area contributed by atoms with Crippen molar-refractivity contribution in [3.63, 3.8) is 0 Å². The lowest BCUT2D eigenvalue weighted by Gasteiger charge is -2.31. The highest BCUT2D eigenvalue weighted by molar-refractivity contribution is 7.99. The van der Waals surface area contributed by atoms with Gasteiger partial charge in [0, 0.05) is 31.9 Å². The van der Waals surface area contributed by atoms with E-state index < -0.39 is 0 Å². The SMILES string of the molecule is COCCN(C(=O)CC1CCNCC1)C1CCSC1. The first kappa shape index (κ1) is 15.1. The molecule has 19 heavy (non-hydrogen) atoms. The zero-order valence-electron chi connectivity index (χ0n) is 11.9. The van der Waals surface area contributed by atoms with E-state index in [0.29, 0.717) is 24.5 Å². The number of methoxy groups -OCH3 is 1. The van der Waals surface area contributed by atoms with E-state index in [4.69, 9.17) is 4.74 Å². The van der Waals surface area contributed by atoms with Gasteiger partial charge in [0.25, 0.3) is 0 Å². The van der Waals surface area contributed by atoms with Crippen LogP contribution in [-0.4, -0.2) is 61.7 Å². The van der Waals surface area contributed by atoms with Crippen molar-refractivity contribution in [2.75, 3.05) is 44.9 Å². The van der Waals surface area contributed by atoms with E-state index in [0.717, 1.165) is 51.1 Å². The van der Waals surface area contributed by atoms with Gasteiger partial charge in [-0.25, -0.2) is 0 Å². The molecule has 2 saturated heterocycles. The number of hydrogen-bond acceptors (Lipinski definition) is 4. The van der Waals surface area contributed by atoms with Crippen molar-refractivity contribution in [1.82, 2.24) is 10.2 Å². The first-order chi connectivity index (χ1) is 9.31. The second-order valence-electron chi connectivity index (χ2n) is 5.49. The Morgan fingerprint density at radius 3 is 2.79 bits per heavy atom. The molecule has 0 radical (unpaired) electrons. The number of nitrogens with zero attached hydrogens (tertiary/aromatic N) is 1. The monoisotopic (exact) mass is 286 g/mol. The van der Waals surface area contributed by atoms with E-state index in [1.807, 2.05) is 11.8 Å². The van der Waals surface area contributed by atoms with Crippen LogP contribution in [-0.2, 0) is 9.53 Å². The van der Waals surface area contributed by atoms with Crippen molar-refractivity contribution in [3.05, 3.63) is 0 Å². The highest BCUT2D eigenvalue weighted by Gasteiger charge is 2.28. The predicted molar refractivity (Wildman–Crippen MR) is 79.5 cm³/mol. The fourth-order valence-electron chi connectivity index (χ4n) is 2.92. The molecule has 0 aliphatic carbocycles. The minimum absolute atomic E-state index is 0.344. The van der Waals surface area contributed by atoms with Crippen molar-refractivity contribution in [1.29, 1.82) is 0 Å². The predicted octanol–water partition coefficient (Wildman–Crippen LogP) is 1.36. The number of thioether (sulfide) groups is 1. The Morgan fingerprint density at radius 1 is 1.37 bits per heavy atom. The molecule has 2 fully saturated rings. The second kappa shape index (κ2) is 8.12. The fraction of sp³-hybridized carbons (Fsp3) is 0.929. The van der Waals surface area contributed by atoms with Crippen molar-refractivity contribution in [2.24, 2.45) is 5.92 Å². The molecule has 2 rings (SSSR count). The summed E-state index contributed by atoms with van der Waals surface area (Å²) in [6.45, 7) is 3.54. The van der Waals surface area contributed by atoms with Gasteiger partial charge in [0.15, 0.2) is 0 Å². The van der Waals surface area contributed by atoms with Crippen molar-refractivity contribution >= 4 is 17.7 Å². The van der Waals surface area contributed by atoms with E-state index in [9.17, 15) is 4.79 Å². The average Bonchev–Trinajstić information content (AvgIpc) is 2.94. The van der Waals surface area contributed by atoms with Gasteiger partial charge in [-0.05, 0) is 44.0 Å². The van der Waals surface area contributed by atoms with Crippen LogP contribution in [0.4, 0.5) is 0 Å². The Labute approximate surface area is 120 Å². The van der Waals surface area contributed by atoms with Gasteiger partial charge in [0.1, 0.15) is 0 Å². The van der Waals surface area contributed by atoms with Gasteiger partial charge < -0.3 is 15.0 Å². The normalized spacial score (nSPS) is 24.6.